The van der Waals surface area contributed by atoms with E-state index in [0.717, 1.165) is 38.3 Å². The molecule has 0 aliphatic carbocycles. The lowest BCUT2D eigenvalue weighted by atomic mass is 10.1. The molecule has 1 heterocycles. The number of nitrogens with one attached hydrogen (secondary N) is 1. The topological polar surface area (TPSA) is 61.5 Å². The molecule has 1 aliphatic rings. The van der Waals surface area contributed by atoms with E-state index in [2.05, 4.69) is 10.2 Å². The van der Waals surface area contributed by atoms with Crippen LogP contribution in [0.4, 0.5) is 5.69 Å². The van der Waals surface area contributed by atoms with Crippen LogP contribution in [0.25, 0.3) is 0 Å². The summed E-state index contributed by atoms with van der Waals surface area (Å²) in [4.78, 5) is 2.31. The molecule has 1 aromatic rings. The SMILES string of the molecule is Nc1ccc(O)c(CN2CCNCC2)c1. The molecule has 1 fully saturated rings. The molecule has 0 radical (unpaired) electrons. The number of phenols is 1. The second-order valence-corrected chi connectivity index (χ2v) is 3.91. The average Bonchev–Trinajstić information content (AvgIpc) is 2.25. The van der Waals surface area contributed by atoms with Crippen LogP contribution < -0.4 is 11.1 Å². The van der Waals surface area contributed by atoms with Gasteiger partial charge in [0, 0.05) is 44.0 Å². The highest BCUT2D eigenvalue weighted by Gasteiger charge is 2.11. The molecular formula is C11H17N3O. The highest BCUT2D eigenvalue weighted by Crippen LogP contribution is 2.21. The van der Waals surface area contributed by atoms with E-state index in [1.54, 1.807) is 12.1 Å². The maximum Gasteiger partial charge on any atom is 0.120 e. The van der Waals surface area contributed by atoms with Crippen molar-refractivity contribution in [2.24, 2.45) is 0 Å². The van der Waals surface area contributed by atoms with Crippen molar-refractivity contribution in [1.29, 1.82) is 0 Å². The summed E-state index contributed by atoms with van der Waals surface area (Å²) in [6, 6.07) is 5.22. The molecule has 4 nitrogen and oxygen atoms in total. The van der Waals surface area contributed by atoms with Crippen molar-refractivity contribution < 1.29 is 5.11 Å². The van der Waals surface area contributed by atoms with Crippen LogP contribution in [0.3, 0.4) is 0 Å². The number of nitrogens with two attached hydrogens (primary N) is 1. The number of anilines is 1. The van der Waals surface area contributed by atoms with Crippen molar-refractivity contribution in [2.75, 3.05) is 31.9 Å². The average molecular weight is 207 g/mol. The summed E-state index contributed by atoms with van der Waals surface area (Å²) in [6.45, 7) is 4.85. The quantitative estimate of drug-likeness (QED) is 0.484. The van der Waals surface area contributed by atoms with Crippen molar-refractivity contribution >= 4 is 5.69 Å². The summed E-state index contributed by atoms with van der Waals surface area (Å²) in [5.41, 5.74) is 7.31. The predicted octanol–water partition coefficient (Wildman–Crippen LogP) is 0.380. The number of piperazine rings is 1. The zero-order valence-electron chi connectivity index (χ0n) is 8.74. The van der Waals surface area contributed by atoms with Crippen molar-refractivity contribution in [1.82, 2.24) is 10.2 Å². The van der Waals surface area contributed by atoms with Gasteiger partial charge in [-0.2, -0.15) is 0 Å². The summed E-state index contributed by atoms with van der Waals surface area (Å²) >= 11 is 0. The number of hydrogen-bond donors (Lipinski definition) is 3. The first-order valence-electron chi connectivity index (χ1n) is 5.26. The minimum Gasteiger partial charge on any atom is -0.508 e. The largest absolute Gasteiger partial charge is 0.508 e. The van der Waals surface area contributed by atoms with Gasteiger partial charge >= 0.3 is 0 Å². The van der Waals surface area contributed by atoms with Gasteiger partial charge in [-0.15, -0.1) is 0 Å². The first-order chi connectivity index (χ1) is 7.25. The van der Waals surface area contributed by atoms with Crippen molar-refractivity contribution in [3.8, 4) is 5.75 Å². The molecule has 0 aromatic heterocycles. The Bertz CT molecular complexity index is 335. The molecule has 0 saturated carbocycles. The number of nitrogen functional groups attached to an aromatic ring is 1. The van der Waals surface area contributed by atoms with Crippen LogP contribution in [-0.4, -0.2) is 36.2 Å². The Labute approximate surface area is 89.7 Å². The molecule has 1 saturated heterocycles. The molecule has 0 amide bonds. The van der Waals surface area contributed by atoms with Gasteiger partial charge in [0.2, 0.25) is 0 Å². The van der Waals surface area contributed by atoms with E-state index in [9.17, 15) is 5.11 Å². The van der Waals surface area contributed by atoms with E-state index < -0.39 is 0 Å². The third-order valence-electron chi connectivity index (χ3n) is 2.71. The Morgan fingerprint density at radius 3 is 2.80 bits per heavy atom. The molecule has 82 valence electrons. The molecule has 0 spiro atoms. The first kappa shape index (κ1) is 10.3. The summed E-state index contributed by atoms with van der Waals surface area (Å²) in [7, 11) is 0. The maximum absolute atomic E-state index is 9.67. The number of aromatic hydroxyl groups is 1. The van der Waals surface area contributed by atoms with Gasteiger partial charge in [-0.05, 0) is 18.2 Å². The number of benzene rings is 1. The second-order valence-electron chi connectivity index (χ2n) is 3.91. The van der Waals surface area contributed by atoms with Gasteiger partial charge in [-0.3, -0.25) is 4.90 Å². The number of nitrogens with zero attached hydrogens (tertiary/aromatic N) is 1. The lowest BCUT2D eigenvalue weighted by molar-refractivity contribution is 0.230. The normalized spacial score (nSPS) is 17.9. The zero-order chi connectivity index (χ0) is 10.7. The molecule has 4 heteroatoms. The summed E-state index contributed by atoms with van der Waals surface area (Å²) in [5, 5.41) is 13.0. The van der Waals surface area contributed by atoms with E-state index in [0.29, 0.717) is 11.4 Å². The predicted molar refractivity (Wildman–Crippen MR) is 60.7 cm³/mol. The van der Waals surface area contributed by atoms with Crippen LogP contribution in [0.5, 0.6) is 5.75 Å². The number of phenolic OH excluding ortho intramolecular Hbond substituents is 1. The lowest BCUT2D eigenvalue weighted by Gasteiger charge is -2.27. The van der Waals surface area contributed by atoms with Gasteiger partial charge in [0.1, 0.15) is 5.75 Å². The Hall–Kier alpha value is -1.26. The lowest BCUT2D eigenvalue weighted by Crippen LogP contribution is -2.42. The third kappa shape index (κ3) is 2.61. The zero-order valence-corrected chi connectivity index (χ0v) is 8.74. The van der Waals surface area contributed by atoms with Crippen molar-refractivity contribution in [2.45, 2.75) is 6.54 Å². The first-order valence-corrected chi connectivity index (χ1v) is 5.26. The van der Waals surface area contributed by atoms with Crippen LogP contribution in [-0.2, 0) is 6.54 Å². The highest BCUT2D eigenvalue weighted by molar-refractivity contribution is 5.47. The van der Waals surface area contributed by atoms with Crippen LogP contribution in [0.15, 0.2) is 18.2 Å². The monoisotopic (exact) mass is 207 g/mol. The molecule has 0 bridgehead atoms. The fourth-order valence-corrected chi connectivity index (χ4v) is 1.84. The Morgan fingerprint density at radius 1 is 1.33 bits per heavy atom. The summed E-state index contributed by atoms with van der Waals surface area (Å²) < 4.78 is 0. The molecule has 2 rings (SSSR count). The molecular weight excluding hydrogens is 190 g/mol. The van der Waals surface area contributed by atoms with E-state index in [1.165, 1.54) is 0 Å². The Balaban J connectivity index is 2.05. The fraction of sp³-hybridized carbons (Fsp3) is 0.455. The van der Waals surface area contributed by atoms with E-state index in [-0.39, 0.29) is 0 Å². The minimum absolute atomic E-state index is 0.336. The Morgan fingerprint density at radius 2 is 2.07 bits per heavy atom. The van der Waals surface area contributed by atoms with Crippen molar-refractivity contribution in [3.63, 3.8) is 0 Å². The second kappa shape index (κ2) is 4.51. The number of hydrogen-bond acceptors (Lipinski definition) is 4. The molecule has 15 heavy (non-hydrogen) atoms. The molecule has 1 aromatic carbocycles. The smallest absolute Gasteiger partial charge is 0.120 e. The maximum atomic E-state index is 9.67. The van der Waals surface area contributed by atoms with Crippen LogP contribution in [0, 0.1) is 0 Å². The molecule has 0 atom stereocenters. The molecule has 4 N–H and O–H groups in total. The van der Waals surface area contributed by atoms with Gasteiger partial charge < -0.3 is 16.2 Å². The van der Waals surface area contributed by atoms with E-state index in [4.69, 9.17) is 5.73 Å². The molecule has 1 aliphatic heterocycles. The summed E-state index contributed by atoms with van der Waals surface area (Å²) in [5.74, 6) is 0.336. The summed E-state index contributed by atoms with van der Waals surface area (Å²) in [6.07, 6.45) is 0. The van der Waals surface area contributed by atoms with Gasteiger partial charge in [-0.25, -0.2) is 0 Å². The minimum atomic E-state index is 0.336. The standard InChI is InChI=1S/C11H17N3O/c12-10-1-2-11(15)9(7-10)8-14-5-3-13-4-6-14/h1-2,7,13,15H,3-6,8,12H2. The highest BCUT2D eigenvalue weighted by atomic mass is 16.3. The number of rotatable bonds is 2. The third-order valence-corrected chi connectivity index (χ3v) is 2.71. The van der Waals surface area contributed by atoms with Crippen LogP contribution in [0.1, 0.15) is 5.56 Å². The van der Waals surface area contributed by atoms with E-state index in [1.807, 2.05) is 6.07 Å². The van der Waals surface area contributed by atoms with Gasteiger partial charge in [-0.1, -0.05) is 0 Å². The fourth-order valence-electron chi connectivity index (χ4n) is 1.84. The Kier molecular flexibility index (Phi) is 3.08. The van der Waals surface area contributed by atoms with Crippen LogP contribution >= 0.6 is 0 Å². The van der Waals surface area contributed by atoms with Gasteiger partial charge in [0.25, 0.3) is 0 Å². The van der Waals surface area contributed by atoms with Crippen LogP contribution in [0.2, 0.25) is 0 Å². The van der Waals surface area contributed by atoms with Gasteiger partial charge in [0.05, 0.1) is 0 Å². The molecule has 0 unspecified atom stereocenters. The van der Waals surface area contributed by atoms with Crippen molar-refractivity contribution in [3.05, 3.63) is 23.8 Å². The van der Waals surface area contributed by atoms with Gasteiger partial charge in [0.15, 0.2) is 0 Å². The van der Waals surface area contributed by atoms with E-state index >= 15 is 0 Å².